The first-order valence-corrected chi connectivity index (χ1v) is 6.98. The fourth-order valence-electron chi connectivity index (χ4n) is 2.27. The lowest BCUT2D eigenvalue weighted by atomic mass is 10.1. The Balaban J connectivity index is 1.74. The van der Waals surface area contributed by atoms with Crippen LogP contribution in [0.25, 0.3) is 10.8 Å². The molecule has 0 bridgehead atoms. The summed E-state index contributed by atoms with van der Waals surface area (Å²) < 4.78 is 11.0. The molecule has 3 aromatic carbocycles. The zero-order valence-corrected chi connectivity index (χ0v) is 12.2. The van der Waals surface area contributed by atoms with Crippen molar-refractivity contribution in [2.24, 2.45) is 0 Å². The van der Waals surface area contributed by atoms with Gasteiger partial charge in [0.15, 0.2) is 0 Å². The second-order valence-corrected chi connectivity index (χ2v) is 4.97. The van der Waals surface area contributed by atoms with E-state index in [-0.39, 0.29) is 0 Å². The SMILES string of the molecule is COc1ccc(COc2ccc3cc(C#N)ccc3c2)cc1. The normalized spacial score (nSPS) is 10.2. The third kappa shape index (κ3) is 3.02. The lowest BCUT2D eigenvalue weighted by Crippen LogP contribution is -1.95. The Bertz CT molecular complexity index is 832. The van der Waals surface area contributed by atoms with Gasteiger partial charge < -0.3 is 9.47 Å². The molecule has 0 radical (unpaired) electrons. The third-order valence-electron chi connectivity index (χ3n) is 3.51. The molecule has 0 atom stereocenters. The van der Waals surface area contributed by atoms with Crippen LogP contribution in [0.1, 0.15) is 11.1 Å². The minimum Gasteiger partial charge on any atom is -0.497 e. The number of nitrogens with zero attached hydrogens (tertiary/aromatic N) is 1. The fraction of sp³-hybridized carbons (Fsp3) is 0.105. The molecule has 0 amide bonds. The molecule has 22 heavy (non-hydrogen) atoms. The summed E-state index contributed by atoms with van der Waals surface area (Å²) in [6.07, 6.45) is 0. The fourth-order valence-corrected chi connectivity index (χ4v) is 2.27. The van der Waals surface area contributed by atoms with Gasteiger partial charge in [-0.2, -0.15) is 5.26 Å². The summed E-state index contributed by atoms with van der Waals surface area (Å²) in [6.45, 7) is 0.506. The second kappa shape index (κ2) is 6.19. The minimum absolute atomic E-state index is 0.506. The van der Waals surface area contributed by atoms with E-state index in [1.807, 2.05) is 60.7 Å². The second-order valence-electron chi connectivity index (χ2n) is 4.97. The van der Waals surface area contributed by atoms with Crippen LogP contribution in [0, 0.1) is 11.3 Å². The van der Waals surface area contributed by atoms with E-state index < -0.39 is 0 Å². The topological polar surface area (TPSA) is 42.2 Å². The van der Waals surface area contributed by atoms with Crippen LogP contribution in [0.3, 0.4) is 0 Å². The summed E-state index contributed by atoms with van der Waals surface area (Å²) in [5.41, 5.74) is 1.75. The van der Waals surface area contributed by atoms with Crippen LogP contribution in [0.5, 0.6) is 11.5 Å². The highest BCUT2D eigenvalue weighted by Gasteiger charge is 2.01. The highest BCUT2D eigenvalue weighted by atomic mass is 16.5. The van der Waals surface area contributed by atoms with Gasteiger partial charge in [0.1, 0.15) is 18.1 Å². The number of rotatable bonds is 4. The van der Waals surface area contributed by atoms with E-state index in [2.05, 4.69) is 6.07 Å². The number of nitriles is 1. The summed E-state index contributed by atoms with van der Waals surface area (Å²) in [5.74, 6) is 1.65. The van der Waals surface area contributed by atoms with E-state index in [0.717, 1.165) is 27.8 Å². The van der Waals surface area contributed by atoms with E-state index in [9.17, 15) is 0 Å². The van der Waals surface area contributed by atoms with Crippen LogP contribution in [0.2, 0.25) is 0 Å². The quantitative estimate of drug-likeness (QED) is 0.719. The van der Waals surface area contributed by atoms with Gasteiger partial charge >= 0.3 is 0 Å². The van der Waals surface area contributed by atoms with Gasteiger partial charge in [-0.3, -0.25) is 0 Å². The predicted molar refractivity (Wildman–Crippen MR) is 86.0 cm³/mol. The largest absolute Gasteiger partial charge is 0.497 e. The molecule has 0 saturated carbocycles. The van der Waals surface area contributed by atoms with Crippen LogP contribution in [-0.2, 0) is 6.61 Å². The molecule has 108 valence electrons. The summed E-state index contributed by atoms with van der Waals surface area (Å²) in [6, 6.07) is 21.5. The third-order valence-corrected chi connectivity index (χ3v) is 3.51. The molecule has 0 aliphatic heterocycles. The van der Waals surface area contributed by atoms with E-state index >= 15 is 0 Å². The first-order chi connectivity index (χ1) is 10.8. The highest BCUT2D eigenvalue weighted by molar-refractivity contribution is 5.85. The Morgan fingerprint density at radius 1 is 0.864 bits per heavy atom. The van der Waals surface area contributed by atoms with Gasteiger partial charge in [0.05, 0.1) is 18.7 Å². The maximum absolute atomic E-state index is 8.92. The van der Waals surface area contributed by atoms with Crippen molar-refractivity contribution in [2.45, 2.75) is 6.61 Å². The zero-order chi connectivity index (χ0) is 15.4. The number of ether oxygens (including phenoxy) is 2. The Kier molecular flexibility index (Phi) is 3.93. The minimum atomic E-state index is 0.506. The van der Waals surface area contributed by atoms with Gasteiger partial charge in [0.25, 0.3) is 0 Å². The van der Waals surface area contributed by atoms with Crippen molar-refractivity contribution in [3.63, 3.8) is 0 Å². The zero-order valence-electron chi connectivity index (χ0n) is 12.2. The molecule has 0 heterocycles. The molecule has 0 aromatic heterocycles. The molecule has 0 spiro atoms. The van der Waals surface area contributed by atoms with E-state index in [4.69, 9.17) is 14.7 Å². The molecule has 3 rings (SSSR count). The summed E-state index contributed by atoms with van der Waals surface area (Å²) >= 11 is 0. The molecule has 3 aromatic rings. The van der Waals surface area contributed by atoms with E-state index in [1.54, 1.807) is 7.11 Å². The average Bonchev–Trinajstić information content (AvgIpc) is 2.59. The van der Waals surface area contributed by atoms with Crippen molar-refractivity contribution in [3.8, 4) is 17.6 Å². The van der Waals surface area contributed by atoms with Crippen molar-refractivity contribution in [1.82, 2.24) is 0 Å². The first kappa shape index (κ1) is 14.0. The van der Waals surface area contributed by atoms with Crippen molar-refractivity contribution in [1.29, 1.82) is 5.26 Å². The van der Waals surface area contributed by atoms with Crippen LogP contribution >= 0.6 is 0 Å². The Hall–Kier alpha value is -2.99. The van der Waals surface area contributed by atoms with Crippen molar-refractivity contribution >= 4 is 10.8 Å². The van der Waals surface area contributed by atoms with Gasteiger partial charge in [-0.25, -0.2) is 0 Å². The molecule has 3 nitrogen and oxygen atoms in total. The van der Waals surface area contributed by atoms with Crippen molar-refractivity contribution in [3.05, 3.63) is 71.8 Å². The molecule has 0 fully saturated rings. The van der Waals surface area contributed by atoms with Crippen LogP contribution < -0.4 is 9.47 Å². The first-order valence-electron chi connectivity index (χ1n) is 6.98. The standard InChI is InChI=1S/C19H15NO2/c1-21-18-7-3-14(4-8-18)13-22-19-9-6-16-10-15(12-20)2-5-17(16)11-19/h2-11H,13H2,1H3. The number of fused-ring (bicyclic) bond motifs is 1. The Labute approximate surface area is 129 Å². The van der Waals surface area contributed by atoms with E-state index in [1.165, 1.54) is 0 Å². The molecule has 0 N–H and O–H groups in total. The van der Waals surface area contributed by atoms with Gasteiger partial charge in [0, 0.05) is 0 Å². The van der Waals surface area contributed by atoms with E-state index in [0.29, 0.717) is 12.2 Å². The molecular formula is C19H15NO2. The smallest absolute Gasteiger partial charge is 0.120 e. The monoisotopic (exact) mass is 289 g/mol. The molecular weight excluding hydrogens is 274 g/mol. The van der Waals surface area contributed by atoms with Crippen LogP contribution in [0.4, 0.5) is 0 Å². The highest BCUT2D eigenvalue weighted by Crippen LogP contribution is 2.23. The maximum Gasteiger partial charge on any atom is 0.120 e. The van der Waals surface area contributed by atoms with Crippen LogP contribution in [0.15, 0.2) is 60.7 Å². The predicted octanol–water partition coefficient (Wildman–Crippen LogP) is 4.30. The van der Waals surface area contributed by atoms with Crippen LogP contribution in [-0.4, -0.2) is 7.11 Å². The van der Waals surface area contributed by atoms with Gasteiger partial charge in [0.2, 0.25) is 0 Å². The Morgan fingerprint density at radius 3 is 2.27 bits per heavy atom. The molecule has 0 aliphatic carbocycles. The number of hydrogen-bond donors (Lipinski definition) is 0. The lowest BCUT2D eigenvalue weighted by molar-refractivity contribution is 0.306. The number of hydrogen-bond acceptors (Lipinski definition) is 3. The van der Waals surface area contributed by atoms with Gasteiger partial charge in [-0.1, -0.05) is 24.3 Å². The van der Waals surface area contributed by atoms with Gasteiger partial charge in [-0.15, -0.1) is 0 Å². The Morgan fingerprint density at radius 2 is 1.55 bits per heavy atom. The average molecular weight is 289 g/mol. The number of benzene rings is 3. The molecule has 0 unspecified atom stereocenters. The molecule has 0 aliphatic rings. The summed E-state index contributed by atoms with van der Waals surface area (Å²) in [4.78, 5) is 0. The summed E-state index contributed by atoms with van der Waals surface area (Å²) in [5, 5.41) is 11.0. The maximum atomic E-state index is 8.92. The summed E-state index contributed by atoms with van der Waals surface area (Å²) in [7, 11) is 1.65. The number of methoxy groups -OCH3 is 1. The molecule has 3 heteroatoms. The van der Waals surface area contributed by atoms with Crippen molar-refractivity contribution in [2.75, 3.05) is 7.11 Å². The molecule has 0 saturated heterocycles. The van der Waals surface area contributed by atoms with Crippen molar-refractivity contribution < 1.29 is 9.47 Å². The van der Waals surface area contributed by atoms with Gasteiger partial charge in [-0.05, 0) is 52.7 Å². The lowest BCUT2D eigenvalue weighted by Gasteiger charge is -2.08.